The predicted octanol–water partition coefficient (Wildman–Crippen LogP) is 3.07. The number of aryl methyl sites for hydroxylation is 1. The number of fused-ring (bicyclic) bond motifs is 1. The minimum absolute atomic E-state index is 0.136. The second-order valence-corrected chi connectivity index (χ2v) is 5.72. The van der Waals surface area contributed by atoms with Crippen LogP contribution < -0.4 is 10.6 Å². The molecule has 0 radical (unpaired) electrons. The van der Waals surface area contributed by atoms with Gasteiger partial charge in [-0.05, 0) is 35.9 Å². The zero-order chi connectivity index (χ0) is 17.1. The van der Waals surface area contributed by atoms with E-state index in [4.69, 9.17) is 0 Å². The van der Waals surface area contributed by atoms with E-state index in [1.807, 2.05) is 25.4 Å². The number of amides is 2. The van der Waals surface area contributed by atoms with Crippen LogP contribution >= 0.6 is 0 Å². The number of hydrogen-bond donors (Lipinski definition) is 2. The van der Waals surface area contributed by atoms with Crippen LogP contribution in [0.5, 0.6) is 0 Å². The minimum Gasteiger partial charge on any atom is -0.350 e. The number of nitrogens with one attached hydrogen (secondary N) is 2. The van der Waals surface area contributed by atoms with Gasteiger partial charge in [0.2, 0.25) is 5.91 Å². The highest BCUT2D eigenvalue weighted by molar-refractivity contribution is 5.95. The number of hydrogen-bond acceptors (Lipinski definition) is 2. The molecule has 0 spiro atoms. The van der Waals surface area contributed by atoms with Gasteiger partial charge in [0.05, 0.1) is 0 Å². The van der Waals surface area contributed by atoms with Crippen LogP contribution in [0.3, 0.4) is 0 Å². The molecule has 2 amide bonds. The number of carbonyl (C=O) groups excluding carboxylic acids is 2. The van der Waals surface area contributed by atoms with Gasteiger partial charge in [-0.3, -0.25) is 9.59 Å². The molecule has 24 heavy (non-hydrogen) atoms. The first-order valence-electron chi connectivity index (χ1n) is 7.73. The maximum absolute atomic E-state index is 12.3. The number of carbonyl (C=O) groups is 2. The van der Waals surface area contributed by atoms with Crippen LogP contribution in [0.4, 0.5) is 5.69 Å². The van der Waals surface area contributed by atoms with Crippen LogP contribution in [-0.4, -0.2) is 16.4 Å². The van der Waals surface area contributed by atoms with Crippen molar-refractivity contribution < 1.29 is 9.59 Å². The molecule has 3 aromatic rings. The zero-order valence-corrected chi connectivity index (χ0v) is 13.7. The van der Waals surface area contributed by atoms with E-state index < -0.39 is 0 Å². The van der Waals surface area contributed by atoms with Gasteiger partial charge in [-0.2, -0.15) is 0 Å². The molecule has 0 fully saturated rings. The Morgan fingerprint density at radius 3 is 2.46 bits per heavy atom. The van der Waals surface area contributed by atoms with Crippen LogP contribution in [0.1, 0.15) is 22.8 Å². The number of rotatable bonds is 4. The lowest BCUT2D eigenvalue weighted by molar-refractivity contribution is -0.114. The van der Waals surface area contributed by atoms with Crippen molar-refractivity contribution in [2.24, 2.45) is 7.05 Å². The summed E-state index contributed by atoms with van der Waals surface area (Å²) >= 11 is 0. The van der Waals surface area contributed by atoms with Crippen molar-refractivity contribution in [3.63, 3.8) is 0 Å². The summed E-state index contributed by atoms with van der Waals surface area (Å²) in [6, 6.07) is 14.9. The van der Waals surface area contributed by atoms with Gasteiger partial charge in [0.15, 0.2) is 0 Å². The van der Waals surface area contributed by atoms with Crippen molar-refractivity contribution in [2.45, 2.75) is 13.5 Å². The van der Waals surface area contributed by atoms with Crippen molar-refractivity contribution >= 4 is 28.4 Å². The molecule has 0 aliphatic heterocycles. The van der Waals surface area contributed by atoms with Crippen molar-refractivity contribution in [2.75, 3.05) is 5.32 Å². The topological polar surface area (TPSA) is 63.1 Å². The number of nitrogens with zero attached hydrogens (tertiary/aromatic N) is 1. The molecule has 0 saturated heterocycles. The molecule has 3 rings (SSSR count). The maximum Gasteiger partial charge on any atom is 0.251 e. The zero-order valence-electron chi connectivity index (χ0n) is 13.7. The average molecular weight is 321 g/mol. The first-order chi connectivity index (χ1) is 11.5. The van der Waals surface area contributed by atoms with Gasteiger partial charge in [-0.15, -0.1) is 0 Å². The summed E-state index contributed by atoms with van der Waals surface area (Å²) in [7, 11) is 1.99. The van der Waals surface area contributed by atoms with E-state index in [9.17, 15) is 9.59 Å². The molecule has 122 valence electrons. The van der Waals surface area contributed by atoms with E-state index in [-0.39, 0.29) is 11.8 Å². The monoisotopic (exact) mass is 321 g/mol. The predicted molar refractivity (Wildman–Crippen MR) is 94.8 cm³/mol. The Balaban J connectivity index is 1.69. The van der Waals surface area contributed by atoms with E-state index in [1.165, 1.54) is 6.92 Å². The molecule has 0 atom stereocenters. The average Bonchev–Trinajstić information content (AvgIpc) is 2.89. The van der Waals surface area contributed by atoms with Crippen molar-refractivity contribution in [3.05, 3.63) is 65.9 Å². The highest BCUT2D eigenvalue weighted by atomic mass is 16.2. The van der Waals surface area contributed by atoms with E-state index in [0.29, 0.717) is 17.8 Å². The normalized spacial score (nSPS) is 10.6. The molecule has 5 heteroatoms. The highest BCUT2D eigenvalue weighted by Crippen LogP contribution is 2.20. The lowest BCUT2D eigenvalue weighted by Crippen LogP contribution is -2.22. The summed E-state index contributed by atoms with van der Waals surface area (Å²) in [6.45, 7) is 1.92. The Kier molecular flexibility index (Phi) is 4.33. The van der Waals surface area contributed by atoms with Gasteiger partial charge in [-0.1, -0.05) is 18.2 Å². The van der Waals surface area contributed by atoms with Crippen molar-refractivity contribution in [1.29, 1.82) is 0 Å². The third kappa shape index (κ3) is 3.30. The van der Waals surface area contributed by atoms with Crippen LogP contribution in [0.15, 0.2) is 54.7 Å². The Morgan fingerprint density at radius 2 is 1.75 bits per heavy atom. The lowest BCUT2D eigenvalue weighted by atomic mass is 10.1. The smallest absolute Gasteiger partial charge is 0.251 e. The molecular formula is C19H19N3O2. The highest BCUT2D eigenvalue weighted by Gasteiger charge is 2.09. The molecule has 0 aliphatic carbocycles. The summed E-state index contributed by atoms with van der Waals surface area (Å²) in [5, 5.41) is 6.76. The van der Waals surface area contributed by atoms with Gasteiger partial charge in [-0.25, -0.2) is 0 Å². The third-order valence-corrected chi connectivity index (χ3v) is 3.89. The Hall–Kier alpha value is -3.08. The fourth-order valence-corrected chi connectivity index (χ4v) is 2.75. The van der Waals surface area contributed by atoms with Crippen LogP contribution in [0.2, 0.25) is 0 Å². The Morgan fingerprint density at radius 1 is 1.04 bits per heavy atom. The second-order valence-electron chi connectivity index (χ2n) is 5.72. The lowest BCUT2D eigenvalue weighted by Gasteiger charge is -2.06. The third-order valence-electron chi connectivity index (χ3n) is 3.89. The molecule has 2 aromatic carbocycles. The fourth-order valence-electron chi connectivity index (χ4n) is 2.75. The van der Waals surface area contributed by atoms with Gasteiger partial charge in [0.1, 0.15) is 0 Å². The first-order valence-corrected chi connectivity index (χ1v) is 7.73. The molecule has 0 bridgehead atoms. The molecular weight excluding hydrogens is 302 g/mol. The summed E-state index contributed by atoms with van der Waals surface area (Å²) in [4.78, 5) is 23.3. The van der Waals surface area contributed by atoms with Gasteiger partial charge in [0, 0.05) is 48.9 Å². The number of aromatic nitrogens is 1. The standard InChI is InChI=1S/C19H19N3O2/c1-13(23)21-16-9-7-14(8-10-16)19(24)20-11-15-12-22(2)18-6-4-3-5-17(15)18/h3-10,12H,11H2,1-2H3,(H,20,24)(H,21,23). The summed E-state index contributed by atoms with van der Waals surface area (Å²) in [5.74, 6) is -0.277. The molecule has 5 nitrogen and oxygen atoms in total. The van der Waals surface area contributed by atoms with Gasteiger partial charge in [0.25, 0.3) is 5.91 Å². The van der Waals surface area contributed by atoms with E-state index >= 15 is 0 Å². The van der Waals surface area contributed by atoms with Gasteiger partial charge < -0.3 is 15.2 Å². The summed E-state index contributed by atoms with van der Waals surface area (Å²) in [5.41, 5.74) is 3.45. The van der Waals surface area contributed by atoms with Crippen molar-refractivity contribution in [3.8, 4) is 0 Å². The van der Waals surface area contributed by atoms with E-state index in [0.717, 1.165) is 16.5 Å². The SMILES string of the molecule is CC(=O)Nc1ccc(C(=O)NCc2cn(C)c3ccccc23)cc1. The maximum atomic E-state index is 12.3. The molecule has 1 heterocycles. The molecule has 1 aromatic heterocycles. The van der Waals surface area contributed by atoms with E-state index in [2.05, 4.69) is 27.3 Å². The van der Waals surface area contributed by atoms with Crippen molar-refractivity contribution in [1.82, 2.24) is 9.88 Å². The van der Waals surface area contributed by atoms with Crippen LogP contribution in [0.25, 0.3) is 10.9 Å². The molecule has 2 N–H and O–H groups in total. The quantitative estimate of drug-likeness (QED) is 0.776. The molecule has 0 aliphatic rings. The van der Waals surface area contributed by atoms with Gasteiger partial charge >= 0.3 is 0 Å². The van der Waals surface area contributed by atoms with Crippen LogP contribution in [-0.2, 0) is 18.4 Å². The summed E-state index contributed by atoms with van der Waals surface area (Å²) in [6.07, 6.45) is 2.03. The Bertz CT molecular complexity index is 895. The molecule has 0 saturated carbocycles. The number of para-hydroxylation sites is 1. The second kappa shape index (κ2) is 6.58. The minimum atomic E-state index is -0.141. The summed E-state index contributed by atoms with van der Waals surface area (Å²) < 4.78 is 2.05. The Labute approximate surface area is 140 Å². The molecule has 0 unspecified atom stereocenters. The first kappa shape index (κ1) is 15.8. The number of anilines is 1. The number of benzene rings is 2. The van der Waals surface area contributed by atoms with E-state index in [1.54, 1.807) is 24.3 Å². The largest absolute Gasteiger partial charge is 0.350 e. The van der Waals surface area contributed by atoms with Crippen LogP contribution in [0, 0.1) is 0 Å². The fraction of sp³-hybridized carbons (Fsp3) is 0.158.